The van der Waals surface area contributed by atoms with Crippen molar-refractivity contribution in [3.8, 4) is 0 Å². The van der Waals surface area contributed by atoms with Crippen molar-refractivity contribution in [2.24, 2.45) is 11.3 Å². The van der Waals surface area contributed by atoms with Crippen LogP contribution in [0.4, 0.5) is 0 Å². The summed E-state index contributed by atoms with van der Waals surface area (Å²) < 4.78 is 5.45. The van der Waals surface area contributed by atoms with Crippen molar-refractivity contribution in [1.29, 1.82) is 0 Å². The van der Waals surface area contributed by atoms with Gasteiger partial charge in [0.25, 0.3) is 0 Å². The number of ether oxygens (including phenoxy) is 1. The van der Waals surface area contributed by atoms with Gasteiger partial charge in [0.15, 0.2) is 0 Å². The first kappa shape index (κ1) is 14.5. The maximum Gasteiger partial charge on any atom is 0.309 e. The van der Waals surface area contributed by atoms with Gasteiger partial charge in [-0.15, -0.1) is 0 Å². The molecule has 0 aliphatic heterocycles. The highest BCUT2D eigenvalue weighted by atomic mass is 16.5. The average molecular weight is 242 g/mol. The fourth-order valence-electron chi connectivity index (χ4n) is 2.72. The van der Waals surface area contributed by atoms with Gasteiger partial charge in [-0.05, 0) is 44.4 Å². The summed E-state index contributed by atoms with van der Waals surface area (Å²) in [6.45, 7) is 5.60. The van der Waals surface area contributed by atoms with E-state index in [2.05, 4.69) is 13.8 Å². The molecule has 0 atom stereocenters. The monoisotopic (exact) mass is 242 g/mol. The molecule has 1 N–H and O–H groups in total. The van der Waals surface area contributed by atoms with Crippen molar-refractivity contribution in [1.82, 2.24) is 0 Å². The molecule has 1 saturated carbocycles. The fraction of sp³-hybridized carbons (Fsp3) is 0.929. The summed E-state index contributed by atoms with van der Waals surface area (Å²) in [5, 5.41) is 9.45. The van der Waals surface area contributed by atoms with Gasteiger partial charge in [0.05, 0.1) is 5.41 Å². The minimum Gasteiger partial charge on any atom is -0.481 e. The van der Waals surface area contributed by atoms with Gasteiger partial charge < -0.3 is 9.84 Å². The lowest BCUT2D eigenvalue weighted by Crippen LogP contribution is -2.36. The van der Waals surface area contributed by atoms with Crippen molar-refractivity contribution >= 4 is 5.97 Å². The zero-order valence-corrected chi connectivity index (χ0v) is 11.2. The van der Waals surface area contributed by atoms with E-state index in [4.69, 9.17) is 4.74 Å². The molecule has 0 radical (unpaired) electrons. The van der Waals surface area contributed by atoms with Crippen molar-refractivity contribution in [2.45, 2.75) is 58.8 Å². The number of carboxylic acid groups (broad SMARTS) is 1. The molecule has 0 aromatic rings. The van der Waals surface area contributed by atoms with E-state index in [-0.39, 0.29) is 0 Å². The van der Waals surface area contributed by atoms with Crippen molar-refractivity contribution in [3.63, 3.8) is 0 Å². The highest BCUT2D eigenvalue weighted by Crippen LogP contribution is 2.42. The number of aliphatic carboxylic acids is 1. The lowest BCUT2D eigenvalue weighted by Gasteiger charge is -2.36. The summed E-state index contributed by atoms with van der Waals surface area (Å²) in [7, 11) is 0. The van der Waals surface area contributed by atoms with E-state index in [0.717, 1.165) is 44.6 Å². The first-order chi connectivity index (χ1) is 8.14. The van der Waals surface area contributed by atoms with Crippen molar-refractivity contribution in [2.75, 3.05) is 13.2 Å². The predicted octanol–water partition coefficient (Wildman–Crippen LogP) is 3.47. The topological polar surface area (TPSA) is 46.5 Å². The molecule has 0 amide bonds. The maximum atomic E-state index is 11.5. The molecule has 1 aliphatic carbocycles. The summed E-state index contributed by atoms with van der Waals surface area (Å²) in [6.07, 6.45) is 6.65. The molecular formula is C14H26O3. The Morgan fingerprint density at radius 2 is 1.94 bits per heavy atom. The molecule has 0 spiro atoms. The standard InChI is InChI=1S/C14H26O3/c1-3-10-17-11-9-14(13(15)16)7-5-12(4-2)6-8-14/h12H,3-11H2,1-2H3,(H,15,16). The van der Waals surface area contributed by atoms with Crippen LogP contribution >= 0.6 is 0 Å². The molecule has 1 aliphatic rings. The van der Waals surface area contributed by atoms with Crippen LogP contribution in [0.25, 0.3) is 0 Å². The second-order valence-electron chi connectivity index (χ2n) is 5.30. The predicted molar refractivity (Wildman–Crippen MR) is 68.0 cm³/mol. The molecule has 0 heterocycles. The van der Waals surface area contributed by atoms with Crippen LogP contribution < -0.4 is 0 Å². The maximum absolute atomic E-state index is 11.5. The molecule has 0 bridgehead atoms. The van der Waals surface area contributed by atoms with Crippen LogP contribution in [0.1, 0.15) is 58.8 Å². The number of hydrogen-bond acceptors (Lipinski definition) is 2. The van der Waals surface area contributed by atoms with Crippen LogP contribution in [0.2, 0.25) is 0 Å². The summed E-state index contributed by atoms with van der Waals surface area (Å²) in [5.74, 6) is 0.117. The molecule has 100 valence electrons. The highest BCUT2D eigenvalue weighted by Gasteiger charge is 2.41. The Morgan fingerprint density at radius 3 is 2.41 bits per heavy atom. The van der Waals surface area contributed by atoms with Gasteiger partial charge in [-0.1, -0.05) is 20.3 Å². The summed E-state index contributed by atoms with van der Waals surface area (Å²) in [4.78, 5) is 11.5. The van der Waals surface area contributed by atoms with Gasteiger partial charge in [-0.3, -0.25) is 4.79 Å². The molecule has 1 rings (SSSR count). The van der Waals surface area contributed by atoms with E-state index in [1.54, 1.807) is 0 Å². The molecule has 1 fully saturated rings. The van der Waals surface area contributed by atoms with E-state index in [1.165, 1.54) is 6.42 Å². The van der Waals surface area contributed by atoms with Crippen LogP contribution in [-0.2, 0) is 9.53 Å². The van der Waals surface area contributed by atoms with Crippen LogP contribution in [-0.4, -0.2) is 24.3 Å². The SMILES string of the molecule is CCCOCCC1(C(=O)O)CCC(CC)CC1. The zero-order chi connectivity index (χ0) is 12.7. The fourth-order valence-corrected chi connectivity index (χ4v) is 2.72. The molecule has 0 aromatic heterocycles. The second-order valence-corrected chi connectivity index (χ2v) is 5.30. The molecule has 0 unspecified atom stereocenters. The Kier molecular flexibility index (Phi) is 5.96. The number of carbonyl (C=O) groups is 1. The third-order valence-electron chi connectivity index (χ3n) is 4.17. The van der Waals surface area contributed by atoms with Crippen LogP contribution in [0, 0.1) is 11.3 Å². The lowest BCUT2D eigenvalue weighted by atomic mass is 9.68. The van der Waals surface area contributed by atoms with Crippen molar-refractivity contribution < 1.29 is 14.6 Å². The summed E-state index contributed by atoms with van der Waals surface area (Å²) in [5.41, 5.74) is -0.501. The van der Waals surface area contributed by atoms with Crippen LogP contribution in [0.5, 0.6) is 0 Å². The van der Waals surface area contributed by atoms with E-state index >= 15 is 0 Å². The smallest absolute Gasteiger partial charge is 0.309 e. The lowest BCUT2D eigenvalue weighted by molar-refractivity contribution is -0.153. The third kappa shape index (κ3) is 3.98. The van der Waals surface area contributed by atoms with Crippen molar-refractivity contribution in [3.05, 3.63) is 0 Å². The second kappa shape index (κ2) is 7.00. The third-order valence-corrected chi connectivity index (χ3v) is 4.17. The van der Waals surface area contributed by atoms with Gasteiger partial charge in [0, 0.05) is 13.2 Å². The number of carboxylic acids is 1. The summed E-state index contributed by atoms with van der Waals surface area (Å²) in [6, 6.07) is 0. The highest BCUT2D eigenvalue weighted by molar-refractivity contribution is 5.74. The zero-order valence-electron chi connectivity index (χ0n) is 11.2. The van der Waals surface area contributed by atoms with E-state index < -0.39 is 11.4 Å². The van der Waals surface area contributed by atoms with Gasteiger partial charge in [-0.2, -0.15) is 0 Å². The number of hydrogen-bond donors (Lipinski definition) is 1. The van der Waals surface area contributed by atoms with Crippen LogP contribution in [0.15, 0.2) is 0 Å². The van der Waals surface area contributed by atoms with Gasteiger partial charge in [-0.25, -0.2) is 0 Å². The Balaban J connectivity index is 2.44. The van der Waals surface area contributed by atoms with E-state index in [1.807, 2.05) is 0 Å². The van der Waals surface area contributed by atoms with Gasteiger partial charge >= 0.3 is 5.97 Å². The first-order valence-electron chi connectivity index (χ1n) is 6.95. The Labute approximate surface area is 105 Å². The molecular weight excluding hydrogens is 216 g/mol. The molecule has 3 nitrogen and oxygen atoms in total. The molecule has 0 aromatic carbocycles. The quantitative estimate of drug-likeness (QED) is 0.695. The Hall–Kier alpha value is -0.570. The first-order valence-corrected chi connectivity index (χ1v) is 6.95. The minimum absolute atomic E-state index is 0.501. The van der Waals surface area contributed by atoms with Gasteiger partial charge in [0.1, 0.15) is 0 Å². The molecule has 17 heavy (non-hydrogen) atoms. The Morgan fingerprint density at radius 1 is 1.29 bits per heavy atom. The van der Waals surface area contributed by atoms with E-state index in [0.29, 0.717) is 13.0 Å². The normalized spacial score (nSPS) is 29.2. The Bertz CT molecular complexity index is 230. The average Bonchev–Trinajstić information content (AvgIpc) is 2.35. The number of rotatable bonds is 7. The van der Waals surface area contributed by atoms with Crippen LogP contribution in [0.3, 0.4) is 0 Å². The van der Waals surface area contributed by atoms with E-state index in [9.17, 15) is 9.90 Å². The summed E-state index contributed by atoms with van der Waals surface area (Å²) >= 11 is 0. The molecule has 0 saturated heterocycles. The molecule has 3 heteroatoms. The van der Waals surface area contributed by atoms with Gasteiger partial charge in [0.2, 0.25) is 0 Å². The minimum atomic E-state index is -0.618. The largest absolute Gasteiger partial charge is 0.481 e.